The van der Waals surface area contributed by atoms with Crippen LogP contribution in [0.4, 0.5) is 0 Å². The molecule has 0 atom stereocenters. The molecular weight excluding hydrogens is 242 g/mol. The quantitative estimate of drug-likeness (QED) is 0.589. The third-order valence-electron chi connectivity index (χ3n) is 2.56. The number of nitrogens with one attached hydrogen (secondary N) is 2. The molecule has 0 spiro atoms. The smallest absolute Gasteiger partial charge is 0.191 e. The average molecular weight is 267 g/mol. The maximum absolute atomic E-state index is 4.57. The van der Waals surface area contributed by atoms with Crippen LogP contribution in [0.2, 0.25) is 0 Å². The topological polar surface area (TPSA) is 36.4 Å². The molecule has 1 aromatic rings. The molecule has 3 nitrogen and oxygen atoms in total. The van der Waals surface area contributed by atoms with Crippen molar-refractivity contribution in [2.24, 2.45) is 10.9 Å². The van der Waals surface area contributed by atoms with Gasteiger partial charge in [-0.1, -0.05) is 19.9 Å². The number of hydrogen-bond donors (Lipinski definition) is 2. The summed E-state index contributed by atoms with van der Waals surface area (Å²) in [5, 5.41) is 8.78. The van der Waals surface area contributed by atoms with Gasteiger partial charge < -0.3 is 10.6 Å². The third-order valence-corrected chi connectivity index (χ3v) is 3.50. The lowest BCUT2D eigenvalue weighted by molar-refractivity contribution is 0.594. The molecule has 0 amide bonds. The van der Waals surface area contributed by atoms with Gasteiger partial charge in [-0.2, -0.15) is 0 Å². The number of guanidine groups is 1. The zero-order chi connectivity index (χ0) is 13.2. The van der Waals surface area contributed by atoms with Crippen molar-refractivity contribution in [2.45, 2.75) is 33.6 Å². The van der Waals surface area contributed by atoms with E-state index in [9.17, 15) is 0 Å². The summed E-state index contributed by atoms with van der Waals surface area (Å²) in [7, 11) is 0. The Morgan fingerprint density at radius 1 is 1.39 bits per heavy atom. The Morgan fingerprint density at radius 2 is 2.22 bits per heavy atom. The molecule has 0 aliphatic carbocycles. The summed E-state index contributed by atoms with van der Waals surface area (Å²) in [6.45, 7) is 9.30. The lowest BCUT2D eigenvalue weighted by Crippen LogP contribution is -2.38. The van der Waals surface area contributed by atoms with E-state index in [2.05, 4.69) is 53.9 Å². The molecule has 1 heterocycles. The molecular formula is C14H25N3S. The summed E-state index contributed by atoms with van der Waals surface area (Å²) in [5.74, 6) is 1.65. The number of hydrogen-bond acceptors (Lipinski definition) is 2. The van der Waals surface area contributed by atoms with Gasteiger partial charge >= 0.3 is 0 Å². The van der Waals surface area contributed by atoms with Crippen LogP contribution in [-0.2, 0) is 6.42 Å². The first-order valence-corrected chi connectivity index (χ1v) is 7.65. The Hall–Kier alpha value is -1.03. The van der Waals surface area contributed by atoms with E-state index >= 15 is 0 Å². The molecule has 0 unspecified atom stereocenters. The van der Waals surface area contributed by atoms with E-state index in [0.29, 0.717) is 5.92 Å². The Morgan fingerprint density at radius 3 is 2.83 bits per heavy atom. The largest absolute Gasteiger partial charge is 0.357 e. The SMILES string of the molecule is CCNC(=NCCC(C)C)NCCc1cccs1. The van der Waals surface area contributed by atoms with Crippen molar-refractivity contribution in [2.75, 3.05) is 19.6 Å². The van der Waals surface area contributed by atoms with E-state index in [1.807, 2.05) is 11.3 Å². The van der Waals surface area contributed by atoms with Crippen molar-refractivity contribution < 1.29 is 0 Å². The van der Waals surface area contributed by atoms with Gasteiger partial charge in [0.15, 0.2) is 5.96 Å². The van der Waals surface area contributed by atoms with E-state index in [4.69, 9.17) is 0 Å². The highest BCUT2D eigenvalue weighted by atomic mass is 32.1. The second-order valence-corrected chi connectivity index (χ2v) is 5.73. The molecule has 0 aromatic carbocycles. The van der Waals surface area contributed by atoms with Gasteiger partial charge in [0, 0.05) is 24.5 Å². The number of thiophene rings is 1. The Kier molecular flexibility index (Phi) is 7.49. The standard InChI is InChI=1S/C14H25N3S/c1-4-15-14(16-9-7-12(2)3)17-10-8-13-6-5-11-18-13/h5-6,11-12H,4,7-10H2,1-3H3,(H2,15,16,17). The van der Waals surface area contributed by atoms with Gasteiger partial charge in [0.2, 0.25) is 0 Å². The van der Waals surface area contributed by atoms with Crippen molar-refractivity contribution in [3.8, 4) is 0 Å². The zero-order valence-electron chi connectivity index (χ0n) is 11.7. The summed E-state index contributed by atoms with van der Waals surface area (Å²) >= 11 is 1.81. The van der Waals surface area contributed by atoms with Crippen molar-refractivity contribution in [3.05, 3.63) is 22.4 Å². The van der Waals surface area contributed by atoms with Crippen LogP contribution in [0.25, 0.3) is 0 Å². The van der Waals surface area contributed by atoms with E-state index < -0.39 is 0 Å². The van der Waals surface area contributed by atoms with Crippen LogP contribution < -0.4 is 10.6 Å². The highest BCUT2D eigenvalue weighted by Gasteiger charge is 1.98. The summed E-state index contributed by atoms with van der Waals surface area (Å²) < 4.78 is 0. The molecule has 2 N–H and O–H groups in total. The molecule has 1 aromatic heterocycles. The number of aliphatic imine (C=N–C) groups is 1. The van der Waals surface area contributed by atoms with E-state index in [-0.39, 0.29) is 0 Å². The fraction of sp³-hybridized carbons (Fsp3) is 0.643. The molecule has 0 bridgehead atoms. The normalized spacial score (nSPS) is 11.9. The molecule has 1 rings (SSSR count). The first-order chi connectivity index (χ1) is 8.72. The molecule has 18 heavy (non-hydrogen) atoms. The fourth-order valence-electron chi connectivity index (χ4n) is 1.54. The molecule has 0 saturated carbocycles. The molecule has 0 radical (unpaired) electrons. The van der Waals surface area contributed by atoms with Crippen LogP contribution in [-0.4, -0.2) is 25.6 Å². The van der Waals surface area contributed by atoms with E-state index in [1.54, 1.807) is 0 Å². The lowest BCUT2D eigenvalue weighted by Gasteiger charge is -2.11. The van der Waals surface area contributed by atoms with Gasteiger partial charge in [-0.25, -0.2) is 0 Å². The van der Waals surface area contributed by atoms with Gasteiger partial charge in [-0.05, 0) is 37.1 Å². The van der Waals surface area contributed by atoms with Gasteiger partial charge in [0.1, 0.15) is 0 Å². The zero-order valence-corrected chi connectivity index (χ0v) is 12.5. The van der Waals surface area contributed by atoms with Gasteiger partial charge in [0.25, 0.3) is 0 Å². The van der Waals surface area contributed by atoms with Crippen LogP contribution in [0.5, 0.6) is 0 Å². The molecule has 0 aliphatic heterocycles. The Balaban J connectivity index is 2.28. The summed E-state index contributed by atoms with van der Waals surface area (Å²) in [4.78, 5) is 5.99. The van der Waals surface area contributed by atoms with Crippen molar-refractivity contribution in [1.82, 2.24) is 10.6 Å². The van der Waals surface area contributed by atoms with E-state index in [1.165, 1.54) is 4.88 Å². The highest BCUT2D eigenvalue weighted by molar-refractivity contribution is 7.09. The first-order valence-electron chi connectivity index (χ1n) is 6.77. The number of nitrogens with zero attached hydrogens (tertiary/aromatic N) is 1. The van der Waals surface area contributed by atoms with E-state index in [0.717, 1.165) is 38.4 Å². The predicted octanol–water partition coefficient (Wildman–Crippen LogP) is 2.89. The minimum absolute atomic E-state index is 0.711. The summed E-state index contributed by atoms with van der Waals surface area (Å²) in [6.07, 6.45) is 2.20. The van der Waals surface area contributed by atoms with Crippen LogP contribution in [0.1, 0.15) is 32.1 Å². The van der Waals surface area contributed by atoms with Crippen molar-refractivity contribution >= 4 is 17.3 Å². The molecule has 0 saturated heterocycles. The highest BCUT2D eigenvalue weighted by Crippen LogP contribution is 2.07. The lowest BCUT2D eigenvalue weighted by atomic mass is 10.1. The first kappa shape index (κ1) is 15.0. The monoisotopic (exact) mass is 267 g/mol. The van der Waals surface area contributed by atoms with Crippen LogP contribution in [0.3, 0.4) is 0 Å². The Labute approximate surface area is 115 Å². The molecule has 0 aliphatic rings. The minimum atomic E-state index is 0.711. The van der Waals surface area contributed by atoms with Crippen molar-refractivity contribution in [1.29, 1.82) is 0 Å². The average Bonchev–Trinajstić information content (AvgIpc) is 2.81. The Bertz CT molecular complexity index is 331. The van der Waals surface area contributed by atoms with Crippen LogP contribution in [0.15, 0.2) is 22.5 Å². The van der Waals surface area contributed by atoms with Crippen molar-refractivity contribution in [3.63, 3.8) is 0 Å². The summed E-state index contributed by atoms with van der Waals surface area (Å²) in [5.41, 5.74) is 0. The fourth-order valence-corrected chi connectivity index (χ4v) is 2.24. The second-order valence-electron chi connectivity index (χ2n) is 4.70. The molecule has 4 heteroatoms. The van der Waals surface area contributed by atoms with Crippen LogP contribution >= 0.6 is 11.3 Å². The third kappa shape index (κ3) is 6.64. The van der Waals surface area contributed by atoms with Crippen LogP contribution in [0, 0.1) is 5.92 Å². The van der Waals surface area contributed by atoms with Gasteiger partial charge in [-0.15, -0.1) is 11.3 Å². The van der Waals surface area contributed by atoms with Gasteiger partial charge in [0.05, 0.1) is 0 Å². The molecule has 102 valence electrons. The number of rotatable bonds is 7. The minimum Gasteiger partial charge on any atom is -0.357 e. The maximum atomic E-state index is 4.57. The maximum Gasteiger partial charge on any atom is 0.191 e. The predicted molar refractivity (Wildman–Crippen MR) is 81.5 cm³/mol. The molecule has 0 fully saturated rings. The summed E-state index contributed by atoms with van der Waals surface area (Å²) in [6, 6.07) is 4.27. The van der Waals surface area contributed by atoms with Gasteiger partial charge in [-0.3, -0.25) is 4.99 Å². The second kappa shape index (κ2) is 8.97.